The predicted octanol–water partition coefficient (Wildman–Crippen LogP) is 4.23. The van der Waals surface area contributed by atoms with Gasteiger partial charge >= 0.3 is 6.09 Å². The zero-order valence-corrected chi connectivity index (χ0v) is 14.1. The number of carbonyl (C=O) groups is 1. The van der Waals surface area contributed by atoms with Crippen molar-refractivity contribution in [1.82, 2.24) is 5.32 Å². The van der Waals surface area contributed by atoms with E-state index in [1.165, 1.54) is 0 Å². The van der Waals surface area contributed by atoms with E-state index in [4.69, 9.17) is 4.74 Å². The fraction of sp³-hybridized carbons (Fsp3) is 0.556. The summed E-state index contributed by atoms with van der Waals surface area (Å²) >= 11 is 0. The summed E-state index contributed by atoms with van der Waals surface area (Å²) in [4.78, 5) is 12.1. The average molecular weight is 302 g/mol. The molecule has 0 aliphatic carbocycles. The third kappa shape index (κ3) is 6.17. The summed E-state index contributed by atoms with van der Waals surface area (Å²) < 4.78 is 5.32. The maximum atomic E-state index is 12.1. The number of alkyl carbamates (subject to hydrolysis) is 1. The molecule has 1 aromatic rings. The topological polar surface area (TPSA) is 62.1 Å². The molecule has 0 aromatic heterocycles. The maximum absolute atomic E-state index is 12.1. The monoisotopic (exact) mass is 302 g/mol. The van der Waals surface area contributed by atoms with E-state index in [1.54, 1.807) is 0 Å². The quantitative estimate of drug-likeness (QED) is 0.885. The number of nitrogens with one attached hydrogen (secondary N) is 1. The second kappa shape index (κ2) is 7.84. The molecule has 0 saturated heterocycles. The first-order chi connectivity index (χ1) is 10.2. The standard InChI is InChI=1S/C18H26N2O2/c1-13(2)11-16(20-17(21)22-18(3,4)5)15(12-19)14-9-7-6-8-10-14/h6-10,13,15-16H,11H2,1-5H3,(H,20,21)/t15-,16+/m1/s1. The number of hydrogen-bond donors (Lipinski definition) is 1. The van der Waals surface area contributed by atoms with Gasteiger partial charge in [0.05, 0.1) is 18.0 Å². The molecule has 0 aliphatic heterocycles. The van der Waals surface area contributed by atoms with Crippen molar-refractivity contribution in [2.75, 3.05) is 0 Å². The molecule has 4 nitrogen and oxygen atoms in total. The first kappa shape index (κ1) is 18.0. The van der Waals surface area contributed by atoms with Gasteiger partial charge in [-0.2, -0.15) is 5.26 Å². The minimum Gasteiger partial charge on any atom is -0.444 e. The highest BCUT2D eigenvalue weighted by molar-refractivity contribution is 5.68. The lowest BCUT2D eigenvalue weighted by molar-refractivity contribution is 0.0495. The molecule has 1 aromatic carbocycles. The van der Waals surface area contributed by atoms with Crippen LogP contribution in [0.5, 0.6) is 0 Å². The lowest BCUT2D eigenvalue weighted by atomic mass is 9.87. The van der Waals surface area contributed by atoms with Crippen molar-refractivity contribution >= 4 is 6.09 Å². The van der Waals surface area contributed by atoms with Crippen LogP contribution < -0.4 is 5.32 Å². The molecule has 1 N–H and O–H groups in total. The van der Waals surface area contributed by atoms with E-state index in [9.17, 15) is 10.1 Å². The van der Waals surface area contributed by atoms with Crippen molar-refractivity contribution in [3.8, 4) is 6.07 Å². The van der Waals surface area contributed by atoms with Crippen LogP contribution >= 0.6 is 0 Å². The highest BCUT2D eigenvalue weighted by Gasteiger charge is 2.27. The maximum Gasteiger partial charge on any atom is 0.407 e. The lowest BCUT2D eigenvalue weighted by Gasteiger charge is -2.27. The third-order valence-electron chi connectivity index (χ3n) is 3.13. The minimum atomic E-state index is -0.554. The molecule has 4 heteroatoms. The Kier molecular flexibility index (Phi) is 6.42. The fourth-order valence-corrected chi connectivity index (χ4v) is 2.30. The van der Waals surface area contributed by atoms with Gasteiger partial charge in [0.2, 0.25) is 0 Å². The molecule has 0 bridgehead atoms. The van der Waals surface area contributed by atoms with Gasteiger partial charge in [-0.15, -0.1) is 0 Å². The van der Waals surface area contributed by atoms with Crippen LogP contribution in [-0.2, 0) is 4.74 Å². The van der Waals surface area contributed by atoms with E-state index in [0.29, 0.717) is 12.3 Å². The van der Waals surface area contributed by atoms with Crippen LogP contribution in [0.1, 0.15) is 52.5 Å². The Balaban J connectivity index is 2.92. The second-order valence-corrected chi connectivity index (χ2v) is 6.90. The van der Waals surface area contributed by atoms with E-state index < -0.39 is 17.6 Å². The summed E-state index contributed by atoms with van der Waals surface area (Å²) in [5.41, 5.74) is 0.355. The third-order valence-corrected chi connectivity index (χ3v) is 3.13. The predicted molar refractivity (Wildman–Crippen MR) is 87.4 cm³/mol. The average Bonchev–Trinajstić information content (AvgIpc) is 2.37. The van der Waals surface area contributed by atoms with E-state index in [1.807, 2.05) is 51.1 Å². The van der Waals surface area contributed by atoms with Crippen molar-refractivity contribution < 1.29 is 9.53 Å². The molecule has 1 amide bonds. The van der Waals surface area contributed by atoms with Crippen LogP contribution in [0.3, 0.4) is 0 Å². The lowest BCUT2D eigenvalue weighted by Crippen LogP contribution is -2.42. The zero-order valence-electron chi connectivity index (χ0n) is 14.1. The van der Waals surface area contributed by atoms with Crippen molar-refractivity contribution in [3.63, 3.8) is 0 Å². The number of ether oxygens (including phenoxy) is 1. The molecule has 0 radical (unpaired) electrons. The van der Waals surface area contributed by atoms with Gasteiger partial charge in [0, 0.05) is 0 Å². The first-order valence-electron chi connectivity index (χ1n) is 7.67. The molecule has 2 atom stereocenters. The molecule has 1 rings (SSSR count). The number of rotatable bonds is 5. The van der Waals surface area contributed by atoms with Crippen molar-refractivity contribution in [1.29, 1.82) is 5.26 Å². The SMILES string of the molecule is CC(C)C[C@H](NC(=O)OC(C)(C)C)[C@H](C#N)c1ccccc1. The Bertz CT molecular complexity index is 512. The highest BCUT2D eigenvalue weighted by atomic mass is 16.6. The molecule has 0 fully saturated rings. The smallest absolute Gasteiger partial charge is 0.407 e. The molecule has 0 aliphatic rings. The zero-order chi connectivity index (χ0) is 16.8. The first-order valence-corrected chi connectivity index (χ1v) is 7.67. The number of amides is 1. The number of nitrogens with zero attached hydrogens (tertiary/aromatic N) is 1. The molecule has 120 valence electrons. The van der Waals surface area contributed by atoms with Gasteiger partial charge in [0.1, 0.15) is 5.60 Å². The molecular formula is C18H26N2O2. The van der Waals surface area contributed by atoms with Gasteiger partial charge in [-0.1, -0.05) is 44.2 Å². The molecule has 0 heterocycles. The van der Waals surface area contributed by atoms with Gasteiger partial charge in [-0.25, -0.2) is 4.79 Å². The summed E-state index contributed by atoms with van der Waals surface area (Å²) in [7, 11) is 0. The van der Waals surface area contributed by atoms with Crippen molar-refractivity contribution in [2.24, 2.45) is 5.92 Å². The molecule has 0 spiro atoms. The number of nitriles is 1. The Hall–Kier alpha value is -2.02. The molecular weight excluding hydrogens is 276 g/mol. The van der Waals surface area contributed by atoms with Crippen LogP contribution in [0.4, 0.5) is 4.79 Å². The van der Waals surface area contributed by atoms with Gasteiger partial charge in [0.15, 0.2) is 0 Å². The second-order valence-electron chi connectivity index (χ2n) is 6.90. The number of benzene rings is 1. The van der Waals surface area contributed by atoms with Crippen LogP contribution in [0.15, 0.2) is 30.3 Å². The summed E-state index contributed by atoms with van der Waals surface area (Å²) in [6, 6.07) is 11.6. The van der Waals surface area contributed by atoms with Crippen molar-refractivity contribution in [3.05, 3.63) is 35.9 Å². The Morgan fingerprint density at radius 3 is 2.32 bits per heavy atom. The Labute approximate surface area is 133 Å². The summed E-state index contributed by atoms with van der Waals surface area (Å²) in [6.45, 7) is 9.61. The normalized spacial score (nSPS) is 14.0. The Morgan fingerprint density at radius 1 is 1.27 bits per heavy atom. The van der Waals surface area contributed by atoms with E-state index in [2.05, 4.69) is 25.2 Å². The van der Waals surface area contributed by atoms with Crippen LogP contribution in [0.2, 0.25) is 0 Å². The van der Waals surface area contributed by atoms with Crippen LogP contribution in [0.25, 0.3) is 0 Å². The van der Waals surface area contributed by atoms with Gasteiger partial charge in [-0.05, 0) is 38.7 Å². The van der Waals surface area contributed by atoms with Gasteiger partial charge in [0.25, 0.3) is 0 Å². The minimum absolute atomic E-state index is 0.276. The van der Waals surface area contributed by atoms with Crippen molar-refractivity contribution in [2.45, 2.75) is 58.6 Å². The van der Waals surface area contributed by atoms with Gasteiger partial charge < -0.3 is 10.1 Å². The molecule has 0 saturated carbocycles. The summed E-state index contributed by atoms with van der Waals surface area (Å²) in [5.74, 6) is -0.0318. The fourth-order valence-electron chi connectivity index (χ4n) is 2.30. The largest absolute Gasteiger partial charge is 0.444 e. The molecule has 0 unspecified atom stereocenters. The van der Waals surface area contributed by atoms with Crippen LogP contribution in [-0.4, -0.2) is 17.7 Å². The van der Waals surface area contributed by atoms with E-state index in [0.717, 1.165) is 5.56 Å². The number of hydrogen-bond acceptors (Lipinski definition) is 3. The van der Waals surface area contributed by atoms with E-state index >= 15 is 0 Å². The summed E-state index contributed by atoms with van der Waals surface area (Å²) in [6.07, 6.45) is 0.237. The van der Waals surface area contributed by atoms with Crippen LogP contribution in [0, 0.1) is 17.2 Å². The highest BCUT2D eigenvalue weighted by Crippen LogP contribution is 2.24. The van der Waals surface area contributed by atoms with Gasteiger partial charge in [-0.3, -0.25) is 0 Å². The Morgan fingerprint density at radius 2 is 1.86 bits per heavy atom. The summed E-state index contributed by atoms with van der Waals surface area (Å²) in [5, 5.41) is 12.4. The molecule has 22 heavy (non-hydrogen) atoms. The van der Waals surface area contributed by atoms with E-state index in [-0.39, 0.29) is 6.04 Å². The number of carbonyl (C=O) groups excluding carboxylic acids is 1.